The van der Waals surface area contributed by atoms with Crippen LogP contribution in [-0.4, -0.2) is 50.1 Å². The van der Waals surface area contributed by atoms with Gasteiger partial charge in [0, 0.05) is 17.6 Å². The van der Waals surface area contributed by atoms with Gasteiger partial charge in [0.15, 0.2) is 22.4 Å². The molecule has 35 heavy (non-hydrogen) atoms. The minimum atomic E-state index is -1.46. The van der Waals surface area contributed by atoms with E-state index in [4.69, 9.17) is 10.4 Å². The number of nitrogens with zero attached hydrogens (tertiary/aromatic N) is 1. The van der Waals surface area contributed by atoms with Gasteiger partial charge in [0.2, 0.25) is 0 Å². The van der Waals surface area contributed by atoms with Gasteiger partial charge in [-0.3, -0.25) is 9.59 Å². The smallest absolute Gasteiger partial charge is 0.526 e. The Kier molecular flexibility index (Phi) is 6.62. The van der Waals surface area contributed by atoms with Gasteiger partial charge in [0.05, 0.1) is 16.8 Å². The standard InChI is InChI=1S/C22H20BN3O8S/c24-22-25-14(9-35-22)17(26-20(30)12-4-2-6-15(27)18(12)29)16(28)8-11-7-10-3-1-5-13(21(31)32)19(10)34-23(11)33/h1-6,9,11,17,27,29,33H,7-8H2,(H2,24,25)(H,26,30)(H,31,32)/t11-,17?/m1/s1. The average Bonchev–Trinajstić information content (AvgIpc) is 3.24. The lowest BCUT2D eigenvalue weighted by Crippen LogP contribution is -2.39. The Bertz CT molecular complexity index is 1310. The molecule has 1 aliphatic heterocycles. The van der Waals surface area contributed by atoms with Crippen molar-refractivity contribution in [1.29, 1.82) is 0 Å². The molecule has 0 fully saturated rings. The Morgan fingerprint density at radius 3 is 2.60 bits per heavy atom. The van der Waals surface area contributed by atoms with Crippen LogP contribution < -0.4 is 15.7 Å². The number of aromatic carboxylic acids is 1. The van der Waals surface area contributed by atoms with Gasteiger partial charge in [-0.05, 0) is 30.2 Å². The third-order valence-electron chi connectivity index (χ3n) is 5.61. The number of hydrogen-bond donors (Lipinski definition) is 6. The molecular weight excluding hydrogens is 477 g/mol. The largest absolute Gasteiger partial charge is 0.535 e. The molecule has 1 aliphatic rings. The number of carboxylic acids is 1. The number of benzene rings is 2. The van der Waals surface area contributed by atoms with E-state index in [0.717, 1.165) is 11.3 Å². The maximum atomic E-state index is 13.3. The topological polar surface area (TPSA) is 192 Å². The lowest BCUT2D eigenvalue weighted by atomic mass is 9.64. The van der Waals surface area contributed by atoms with Crippen molar-refractivity contribution in [3.05, 3.63) is 64.2 Å². The number of Topliss-reactive ketones (excluding diaryl/α,β-unsaturated/α-hetero) is 1. The summed E-state index contributed by atoms with van der Waals surface area (Å²) >= 11 is 1.06. The highest BCUT2D eigenvalue weighted by atomic mass is 32.1. The van der Waals surface area contributed by atoms with Gasteiger partial charge >= 0.3 is 13.1 Å². The molecule has 1 amide bonds. The molecule has 2 heterocycles. The number of aromatic hydroxyl groups is 2. The predicted octanol–water partition coefficient (Wildman–Crippen LogP) is 1.75. The van der Waals surface area contributed by atoms with Crippen LogP contribution in [0.3, 0.4) is 0 Å². The number of nitrogen functional groups attached to an aromatic ring is 1. The molecular formula is C22H20BN3O8S. The van der Waals surface area contributed by atoms with Crippen molar-refractivity contribution in [2.75, 3.05) is 5.73 Å². The first-order chi connectivity index (χ1) is 16.7. The van der Waals surface area contributed by atoms with Gasteiger partial charge in [-0.2, -0.15) is 0 Å². The number of phenols is 2. The summed E-state index contributed by atoms with van der Waals surface area (Å²) in [4.78, 5) is 41.7. The fourth-order valence-corrected chi connectivity index (χ4v) is 4.47. The number of carboxylic acid groups (broad SMARTS) is 1. The summed E-state index contributed by atoms with van der Waals surface area (Å²) in [5.74, 6) is -4.39. The van der Waals surface area contributed by atoms with E-state index in [0.29, 0.717) is 5.56 Å². The Morgan fingerprint density at radius 2 is 1.91 bits per heavy atom. The minimum absolute atomic E-state index is 0.0488. The maximum absolute atomic E-state index is 13.3. The first-order valence-corrected chi connectivity index (χ1v) is 11.3. The molecule has 2 atom stereocenters. The fourth-order valence-electron chi connectivity index (χ4n) is 3.88. The first kappa shape index (κ1) is 24.0. The van der Waals surface area contributed by atoms with E-state index in [1.165, 1.54) is 29.6 Å². The van der Waals surface area contributed by atoms with Gasteiger partial charge in [-0.1, -0.05) is 18.2 Å². The zero-order valence-corrected chi connectivity index (χ0v) is 18.9. The third kappa shape index (κ3) is 4.90. The van der Waals surface area contributed by atoms with Crippen LogP contribution in [0.2, 0.25) is 5.82 Å². The van der Waals surface area contributed by atoms with Crippen LogP contribution in [0, 0.1) is 0 Å². The number of carbonyl (C=O) groups excluding carboxylic acids is 2. The Hall–Kier alpha value is -4.10. The number of fused-ring (bicyclic) bond motifs is 1. The Labute approximate surface area is 203 Å². The summed E-state index contributed by atoms with van der Waals surface area (Å²) in [6, 6.07) is 7.12. The minimum Gasteiger partial charge on any atom is -0.535 e. The second-order valence-electron chi connectivity index (χ2n) is 7.93. The van der Waals surface area contributed by atoms with Crippen molar-refractivity contribution >= 4 is 41.2 Å². The number of aromatic nitrogens is 1. The van der Waals surface area contributed by atoms with Gasteiger partial charge < -0.3 is 36.0 Å². The summed E-state index contributed by atoms with van der Waals surface area (Å²) in [7, 11) is -1.46. The second kappa shape index (κ2) is 9.64. The first-order valence-electron chi connectivity index (χ1n) is 10.4. The van der Waals surface area contributed by atoms with Crippen LogP contribution in [0.5, 0.6) is 17.2 Å². The highest BCUT2D eigenvalue weighted by molar-refractivity contribution is 7.13. The van der Waals surface area contributed by atoms with Crippen molar-refractivity contribution in [2.24, 2.45) is 0 Å². The number of nitrogens with two attached hydrogens (primary N) is 1. The molecule has 0 aliphatic carbocycles. The number of para-hydroxylation sites is 2. The zero-order valence-electron chi connectivity index (χ0n) is 18.0. The van der Waals surface area contributed by atoms with Crippen molar-refractivity contribution < 1.29 is 39.4 Å². The van der Waals surface area contributed by atoms with Crippen LogP contribution in [0.4, 0.5) is 5.13 Å². The molecule has 0 spiro atoms. The summed E-state index contributed by atoms with van der Waals surface area (Å²) in [6.45, 7) is 0. The summed E-state index contributed by atoms with van der Waals surface area (Å²) in [5, 5.41) is 43.7. The van der Waals surface area contributed by atoms with Crippen molar-refractivity contribution in [1.82, 2.24) is 10.3 Å². The normalized spacial score (nSPS) is 15.6. The van der Waals surface area contributed by atoms with Crippen molar-refractivity contribution in [3.8, 4) is 17.2 Å². The van der Waals surface area contributed by atoms with E-state index in [1.807, 2.05) is 0 Å². The van der Waals surface area contributed by atoms with E-state index >= 15 is 0 Å². The molecule has 0 saturated carbocycles. The van der Waals surface area contributed by atoms with Gasteiger partial charge in [0.1, 0.15) is 11.8 Å². The van der Waals surface area contributed by atoms with Crippen molar-refractivity contribution in [3.63, 3.8) is 0 Å². The second-order valence-corrected chi connectivity index (χ2v) is 8.82. The lowest BCUT2D eigenvalue weighted by Gasteiger charge is -2.29. The molecule has 1 aromatic heterocycles. The molecule has 0 radical (unpaired) electrons. The fraction of sp³-hybridized carbons (Fsp3) is 0.182. The van der Waals surface area contributed by atoms with E-state index in [1.54, 1.807) is 12.1 Å². The van der Waals surface area contributed by atoms with E-state index in [9.17, 15) is 34.7 Å². The Morgan fingerprint density at radius 1 is 1.20 bits per heavy atom. The number of carbonyl (C=O) groups is 3. The Balaban J connectivity index is 1.57. The quantitative estimate of drug-likeness (QED) is 0.207. The SMILES string of the molecule is Nc1nc(C(NC(=O)c2cccc(O)c2O)C(=O)C[C@H]2Cc3cccc(C(=O)O)c3OB2O)cs1. The number of nitrogens with one attached hydrogen (secondary N) is 1. The van der Waals surface area contributed by atoms with E-state index < -0.39 is 48.1 Å². The molecule has 180 valence electrons. The molecule has 4 rings (SSSR count). The van der Waals surface area contributed by atoms with Crippen LogP contribution in [0.25, 0.3) is 0 Å². The maximum Gasteiger partial charge on any atom is 0.526 e. The monoisotopic (exact) mass is 497 g/mol. The molecule has 0 saturated heterocycles. The predicted molar refractivity (Wildman–Crippen MR) is 126 cm³/mol. The van der Waals surface area contributed by atoms with Crippen LogP contribution in [-0.2, 0) is 11.2 Å². The summed E-state index contributed by atoms with van der Waals surface area (Å²) < 4.78 is 5.45. The molecule has 1 unspecified atom stereocenters. The highest BCUT2D eigenvalue weighted by Crippen LogP contribution is 2.37. The van der Waals surface area contributed by atoms with E-state index in [2.05, 4.69) is 10.3 Å². The highest BCUT2D eigenvalue weighted by Gasteiger charge is 2.39. The molecule has 13 heteroatoms. The average molecular weight is 497 g/mol. The zero-order chi connectivity index (χ0) is 25.3. The number of ketones is 1. The number of hydrogen-bond acceptors (Lipinski definition) is 10. The molecule has 0 bridgehead atoms. The molecule has 2 aromatic carbocycles. The summed E-state index contributed by atoms with van der Waals surface area (Å²) in [6.07, 6.45) is -0.0805. The van der Waals surface area contributed by atoms with Gasteiger partial charge in [0.25, 0.3) is 5.91 Å². The molecule has 3 aromatic rings. The van der Waals surface area contributed by atoms with Gasteiger partial charge in [-0.25, -0.2) is 9.78 Å². The lowest BCUT2D eigenvalue weighted by molar-refractivity contribution is -0.121. The van der Waals surface area contributed by atoms with Crippen LogP contribution in [0.15, 0.2) is 41.8 Å². The van der Waals surface area contributed by atoms with E-state index in [-0.39, 0.29) is 40.5 Å². The van der Waals surface area contributed by atoms with Crippen molar-refractivity contribution in [2.45, 2.75) is 24.7 Å². The molecule has 7 N–H and O–H groups in total. The number of anilines is 1. The third-order valence-corrected chi connectivity index (χ3v) is 6.30. The number of phenolic OH excluding ortho intramolecular Hbond substituents is 2. The van der Waals surface area contributed by atoms with Crippen LogP contribution >= 0.6 is 11.3 Å². The number of thiazole rings is 1. The molecule has 11 nitrogen and oxygen atoms in total. The summed E-state index contributed by atoms with van der Waals surface area (Å²) in [5.41, 5.74) is 6.05. The van der Waals surface area contributed by atoms with Gasteiger partial charge in [-0.15, -0.1) is 11.3 Å². The number of amides is 1. The number of rotatable bonds is 7. The van der Waals surface area contributed by atoms with Crippen LogP contribution in [0.1, 0.15) is 44.4 Å².